The molecule has 0 aromatic heterocycles. The molecule has 2 rings (SSSR count). The van der Waals surface area contributed by atoms with Crippen molar-refractivity contribution in [2.24, 2.45) is 17.8 Å². The Kier molecular flexibility index (Phi) is 1.20. The second-order valence-corrected chi connectivity index (χ2v) is 3.14. The predicted molar refractivity (Wildman–Crippen MR) is 33.5 cm³/mol. The molecule has 0 radical (unpaired) electrons. The highest BCUT2D eigenvalue weighted by atomic mass is 16.5. The molecule has 1 heterocycles. The monoisotopic (exact) mass is 142 g/mol. The first-order valence-corrected chi connectivity index (χ1v) is 3.59. The van der Waals surface area contributed by atoms with Gasteiger partial charge in [0.1, 0.15) is 0 Å². The van der Waals surface area contributed by atoms with Crippen LogP contribution in [-0.2, 0) is 9.53 Å². The van der Waals surface area contributed by atoms with Crippen molar-refractivity contribution in [3.05, 3.63) is 0 Å². The van der Waals surface area contributed by atoms with E-state index in [1.807, 2.05) is 0 Å². The van der Waals surface area contributed by atoms with E-state index in [4.69, 9.17) is 9.84 Å². The zero-order valence-corrected chi connectivity index (χ0v) is 5.62. The van der Waals surface area contributed by atoms with Gasteiger partial charge in [0, 0.05) is 12.5 Å². The van der Waals surface area contributed by atoms with Crippen LogP contribution in [0.15, 0.2) is 0 Å². The number of carboxylic acids is 1. The van der Waals surface area contributed by atoms with Crippen molar-refractivity contribution < 1.29 is 14.6 Å². The Labute approximate surface area is 59.0 Å². The first-order chi connectivity index (χ1) is 4.79. The number of ether oxygens (including phenoxy) is 1. The number of carboxylic acid groups (broad SMARTS) is 1. The molecule has 3 unspecified atom stereocenters. The van der Waals surface area contributed by atoms with E-state index in [0.29, 0.717) is 18.4 Å². The van der Waals surface area contributed by atoms with Crippen molar-refractivity contribution in [3.63, 3.8) is 0 Å². The van der Waals surface area contributed by atoms with Gasteiger partial charge in [-0.1, -0.05) is 0 Å². The lowest BCUT2D eigenvalue weighted by molar-refractivity contribution is -0.149. The van der Waals surface area contributed by atoms with Crippen LogP contribution in [0.3, 0.4) is 0 Å². The first kappa shape index (κ1) is 6.16. The maximum Gasteiger partial charge on any atom is 0.306 e. The predicted octanol–water partition coefficient (Wildman–Crippen LogP) is 0.354. The van der Waals surface area contributed by atoms with Gasteiger partial charge < -0.3 is 9.84 Å². The van der Waals surface area contributed by atoms with Crippen LogP contribution < -0.4 is 0 Å². The lowest BCUT2D eigenvalue weighted by Gasteiger charge is -2.35. The largest absolute Gasteiger partial charge is 0.481 e. The SMILES string of the molecule is O=C(O)C1CC2COCC21. The average Bonchev–Trinajstić information content (AvgIpc) is 2.11. The van der Waals surface area contributed by atoms with Crippen molar-refractivity contribution in [3.8, 4) is 0 Å². The lowest BCUT2D eigenvalue weighted by Crippen LogP contribution is -2.40. The molecule has 0 aromatic rings. The standard InChI is InChI=1S/C7H10O3/c8-7(9)5-1-4-2-10-3-6(4)5/h4-6H,1-3H2,(H,8,9). The summed E-state index contributed by atoms with van der Waals surface area (Å²) in [5.74, 6) is 0.137. The summed E-state index contributed by atoms with van der Waals surface area (Å²) in [5.41, 5.74) is 0. The summed E-state index contributed by atoms with van der Waals surface area (Å²) in [4.78, 5) is 10.5. The molecule has 1 saturated carbocycles. The fourth-order valence-electron chi connectivity index (χ4n) is 1.89. The minimum Gasteiger partial charge on any atom is -0.481 e. The molecule has 0 amide bonds. The number of carbonyl (C=O) groups is 1. The molecule has 56 valence electrons. The Hall–Kier alpha value is -0.570. The van der Waals surface area contributed by atoms with Crippen LogP contribution in [0.5, 0.6) is 0 Å². The fourth-order valence-corrected chi connectivity index (χ4v) is 1.89. The Morgan fingerprint density at radius 1 is 1.50 bits per heavy atom. The average molecular weight is 142 g/mol. The highest BCUT2D eigenvalue weighted by Crippen LogP contribution is 2.44. The van der Waals surface area contributed by atoms with Crippen molar-refractivity contribution in [2.45, 2.75) is 6.42 Å². The Morgan fingerprint density at radius 3 is 2.90 bits per heavy atom. The van der Waals surface area contributed by atoms with E-state index in [1.54, 1.807) is 0 Å². The van der Waals surface area contributed by atoms with Crippen molar-refractivity contribution in [1.82, 2.24) is 0 Å². The molecule has 0 aromatic carbocycles. The third kappa shape index (κ3) is 0.669. The van der Waals surface area contributed by atoms with E-state index in [2.05, 4.69) is 0 Å². The number of hydrogen-bond acceptors (Lipinski definition) is 2. The molecule has 3 atom stereocenters. The maximum absolute atomic E-state index is 10.5. The molecule has 10 heavy (non-hydrogen) atoms. The lowest BCUT2D eigenvalue weighted by atomic mass is 9.67. The molecule has 1 saturated heterocycles. The summed E-state index contributed by atoms with van der Waals surface area (Å²) < 4.78 is 5.15. The summed E-state index contributed by atoms with van der Waals surface area (Å²) >= 11 is 0. The van der Waals surface area contributed by atoms with Crippen molar-refractivity contribution in [2.75, 3.05) is 13.2 Å². The van der Waals surface area contributed by atoms with Gasteiger partial charge in [-0.15, -0.1) is 0 Å². The Balaban J connectivity index is 2.00. The topological polar surface area (TPSA) is 46.5 Å². The third-order valence-electron chi connectivity index (χ3n) is 2.64. The van der Waals surface area contributed by atoms with Gasteiger partial charge in [-0.05, 0) is 12.3 Å². The van der Waals surface area contributed by atoms with Crippen LogP contribution in [0.1, 0.15) is 6.42 Å². The fraction of sp³-hybridized carbons (Fsp3) is 0.857. The highest BCUT2D eigenvalue weighted by Gasteiger charge is 2.48. The zero-order valence-electron chi connectivity index (χ0n) is 5.62. The molecule has 1 N–H and O–H groups in total. The van der Waals surface area contributed by atoms with Crippen LogP contribution >= 0.6 is 0 Å². The van der Waals surface area contributed by atoms with Crippen LogP contribution in [0.2, 0.25) is 0 Å². The minimum atomic E-state index is -0.647. The van der Waals surface area contributed by atoms with E-state index in [0.717, 1.165) is 13.0 Å². The molecular weight excluding hydrogens is 132 g/mol. The smallest absolute Gasteiger partial charge is 0.306 e. The van der Waals surface area contributed by atoms with Crippen LogP contribution in [0.25, 0.3) is 0 Å². The maximum atomic E-state index is 10.5. The molecule has 2 aliphatic rings. The Bertz CT molecular complexity index is 166. The van der Waals surface area contributed by atoms with Gasteiger partial charge in [0.2, 0.25) is 0 Å². The van der Waals surface area contributed by atoms with Gasteiger partial charge in [-0.25, -0.2) is 0 Å². The van der Waals surface area contributed by atoms with Crippen molar-refractivity contribution >= 4 is 5.97 Å². The van der Waals surface area contributed by atoms with Gasteiger partial charge in [0.05, 0.1) is 12.5 Å². The summed E-state index contributed by atoms with van der Waals surface area (Å²) in [6.45, 7) is 1.45. The summed E-state index contributed by atoms with van der Waals surface area (Å²) in [6.07, 6.45) is 0.833. The minimum absolute atomic E-state index is 0.104. The normalized spacial score (nSPS) is 44.2. The van der Waals surface area contributed by atoms with Gasteiger partial charge in [0.15, 0.2) is 0 Å². The van der Waals surface area contributed by atoms with Gasteiger partial charge in [-0.2, -0.15) is 0 Å². The summed E-state index contributed by atoms with van der Waals surface area (Å²) in [6, 6.07) is 0. The summed E-state index contributed by atoms with van der Waals surface area (Å²) in [5, 5.41) is 8.62. The molecule has 2 fully saturated rings. The van der Waals surface area contributed by atoms with E-state index in [-0.39, 0.29) is 5.92 Å². The first-order valence-electron chi connectivity index (χ1n) is 3.59. The highest BCUT2D eigenvalue weighted by molar-refractivity contribution is 5.71. The molecule has 3 nitrogen and oxygen atoms in total. The van der Waals surface area contributed by atoms with Gasteiger partial charge >= 0.3 is 5.97 Å². The molecule has 0 bridgehead atoms. The molecule has 3 heteroatoms. The number of aliphatic carboxylic acids is 1. The molecule has 0 spiro atoms. The van der Waals surface area contributed by atoms with E-state index in [1.165, 1.54) is 0 Å². The van der Waals surface area contributed by atoms with Crippen LogP contribution in [0.4, 0.5) is 0 Å². The summed E-state index contributed by atoms with van der Waals surface area (Å²) in [7, 11) is 0. The Morgan fingerprint density at radius 2 is 2.30 bits per heavy atom. The van der Waals surface area contributed by atoms with Gasteiger partial charge in [0.25, 0.3) is 0 Å². The van der Waals surface area contributed by atoms with Crippen LogP contribution in [0, 0.1) is 17.8 Å². The van der Waals surface area contributed by atoms with Crippen molar-refractivity contribution in [1.29, 1.82) is 0 Å². The molecular formula is C7H10O3. The van der Waals surface area contributed by atoms with E-state index < -0.39 is 5.97 Å². The van der Waals surface area contributed by atoms with Crippen LogP contribution in [-0.4, -0.2) is 24.3 Å². The number of fused-ring (bicyclic) bond motifs is 1. The number of rotatable bonds is 1. The zero-order chi connectivity index (χ0) is 7.14. The molecule has 1 aliphatic heterocycles. The second-order valence-electron chi connectivity index (χ2n) is 3.14. The second kappa shape index (κ2) is 1.95. The van der Waals surface area contributed by atoms with E-state index in [9.17, 15) is 4.79 Å². The third-order valence-corrected chi connectivity index (χ3v) is 2.64. The quantitative estimate of drug-likeness (QED) is 0.574. The van der Waals surface area contributed by atoms with Gasteiger partial charge in [-0.3, -0.25) is 4.79 Å². The van der Waals surface area contributed by atoms with E-state index >= 15 is 0 Å². The number of hydrogen-bond donors (Lipinski definition) is 1. The molecule has 1 aliphatic carbocycles.